The third kappa shape index (κ3) is 4.31. The number of carboxylic acid groups (broad SMARTS) is 1. The van der Waals surface area contributed by atoms with Gasteiger partial charge in [-0.1, -0.05) is 25.5 Å². The van der Waals surface area contributed by atoms with E-state index in [1.165, 1.54) is 10.4 Å². The number of fused-ring (bicyclic) bond motifs is 1. The summed E-state index contributed by atoms with van der Waals surface area (Å²) in [7, 11) is 0. The van der Waals surface area contributed by atoms with Crippen LogP contribution in [0, 0.1) is 0 Å². The molecule has 0 spiro atoms. The molecule has 1 atom stereocenters. The van der Waals surface area contributed by atoms with E-state index in [1.54, 1.807) is 35.6 Å². The fourth-order valence-electron chi connectivity index (χ4n) is 3.26. The highest BCUT2D eigenvalue weighted by Crippen LogP contribution is 2.24. The molecule has 1 amide bonds. The first-order valence-electron chi connectivity index (χ1n) is 8.98. The Balaban J connectivity index is 1.61. The van der Waals surface area contributed by atoms with Crippen LogP contribution in [-0.4, -0.2) is 34.5 Å². The number of rotatable bonds is 7. The van der Waals surface area contributed by atoms with Gasteiger partial charge in [-0.05, 0) is 47.5 Å². The molecular weight excluding hydrogens is 348 g/mol. The molecule has 26 heavy (non-hydrogen) atoms. The summed E-state index contributed by atoms with van der Waals surface area (Å²) >= 11 is 1.77. The van der Waals surface area contributed by atoms with Crippen molar-refractivity contribution in [2.75, 3.05) is 6.54 Å². The number of hydrogen-bond acceptors (Lipinski definition) is 4. The Morgan fingerprint density at radius 1 is 1.27 bits per heavy atom. The molecule has 3 rings (SSSR count). The van der Waals surface area contributed by atoms with Crippen LogP contribution in [0.3, 0.4) is 0 Å². The summed E-state index contributed by atoms with van der Waals surface area (Å²) in [4.78, 5) is 27.3. The number of hydrogen-bond donors (Lipinski definition) is 2. The van der Waals surface area contributed by atoms with Crippen LogP contribution in [0.25, 0.3) is 0 Å². The van der Waals surface area contributed by atoms with E-state index in [0.717, 1.165) is 31.4 Å². The molecular formula is C20H24N2O3S. The van der Waals surface area contributed by atoms with E-state index in [-0.39, 0.29) is 17.5 Å². The van der Waals surface area contributed by atoms with Gasteiger partial charge in [0.25, 0.3) is 0 Å². The second-order valence-corrected chi connectivity index (χ2v) is 7.60. The van der Waals surface area contributed by atoms with Crippen molar-refractivity contribution in [1.82, 2.24) is 10.2 Å². The number of thiophene rings is 1. The Kier molecular flexibility index (Phi) is 6.06. The number of carbonyl (C=O) groups excluding carboxylic acids is 1. The molecule has 1 unspecified atom stereocenters. The number of benzene rings is 1. The highest BCUT2D eigenvalue weighted by atomic mass is 32.1. The molecule has 0 radical (unpaired) electrons. The van der Waals surface area contributed by atoms with Crippen molar-refractivity contribution >= 4 is 23.2 Å². The van der Waals surface area contributed by atoms with Crippen LogP contribution in [0.2, 0.25) is 0 Å². The molecule has 5 nitrogen and oxygen atoms in total. The Morgan fingerprint density at radius 3 is 2.73 bits per heavy atom. The average molecular weight is 372 g/mol. The topological polar surface area (TPSA) is 69.6 Å². The number of nitrogens with zero attached hydrogens (tertiary/aromatic N) is 1. The largest absolute Gasteiger partial charge is 0.478 e. The van der Waals surface area contributed by atoms with Crippen LogP contribution < -0.4 is 5.32 Å². The van der Waals surface area contributed by atoms with Crippen molar-refractivity contribution in [1.29, 1.82) is 0 Å². The molecule has 1 aliphatic rings. The molecule has 2 heterocycles. The van der Waals surface area contributed by atoms with E-state index in [2.05, 4.69) is 23.7 Å². The van der Waals surface area contributed by atoms with Gasteiger partial charge in [0.15, 0.2) is 0 Å². The predicted octanol–water partition coefficient (Wildman–Crippen LogP) is 3.29. The Morgan fingerprint density at radius 2 is 2.04 bits per heavy atom. The lowest BCUT2D eigenvalue weighted by molar-refractivity contribution is -0.134. The Bertz CT molecular complexity index is 770. The number of amides is 1. The molecule has 6 heteroatoms. The summed E-state index contributed by atoms with van der Waals surface area (Å²) in [6.45, 7) is 4.11. The van der Waals surface area contributed by atoms with Crippen LogP contribution in [0.1, 0.15) is 46.1 Å². The molecule has 0 aliphatic carbocycles. The molecule has 0 saturated carbocycles. The summed E-state index contributed by atoms with van der Waals surface area (Å²) in [5, 5.41) is 14.4. The summed E-state index contributed by atoms with van der Waals surface area (Å²) in [6, 6.07) is 8.69. The molecule has 0 bridgehead atoms. The van der Waals surface area contributed by atoms with Gasteiger partial charge in [0.1, 0.15) is 0 Å². The maximum Gasteiger partial charge on any atom is 0.335 e. The van der Waals surface area contributed by atoms with Gasteiger partial charge >= 0.3 is 5.97 Å². The van der Waals surface area contributed by atoms with Crippen LogP contribution in [-0.2, 0) is 24.3 Å². The molecule has 1 aromatic heterocycles. The van der Waals surface area contributed by atoms with E-state index in [4.69, 9.17) is 5.11 Å². The summed E-state index contributed by atoms with van der Waals surface area (Å²) < 4.78 is 0. The number of carbonyl (C=O) groups is 2. The smallest absolute Gasteiger partial charge is 0.335 e. The fourth-order valence-corrected chi connectivity index (χ4v) is 4.15. The first-order valence-corrected chi connectivity index (χ1v) is 9.86. The molecule has 2 N–H and O–H groups in total. The van der Waals surface area contributed by atoms with Crippen LogP contribution in [0.5, 0.6) is 0 Å². The first kappa shape index (κ1) is 18.6. The van der Waals surface area contributed by atoms with Crippen molar-refractivity contribution in [2.45, 2.75) is 45.3 Å². The number of carboxylic acids is 1. The third-order valence-electron chi connectivity index (χ3n) is 4.75. The summed E-state index contributed by atoms with van der Waals surface area (Å²) in [5.41, 5.74) is 2.52. The van der Waals surface area contributed by atoms with Gasteiger partial charge in [-0.25, -0.2) is 4.79 Å². The van der Waals surface area contributed by atoms with E-state index in [1.807, 2.05) is 4.90 Å². The van der Waals surface area contributed by atoms with Gasteiger partial charge in [-0.3, -0.25) is 4.79 Å². The fraction of sp³-hybridized carbons (Fsp3) is 0.400. The van der Waals surface area contributed by atoms with Crippen LogP contribution in [0.15, 0.2) is 35.7 Å². The minimum atomic E-state index is -0.929. The average Bonchev–Trinajstić information content (AvgIpc) is 3.12. The maximum absolute atomic E-state index is 13.0. The number of nitrogens with one attached hydrogen (secondary N) is 1. The Labute approximate surface area is 157 Å². The monoisotopic (exact) mass is 372 g/mol. The minimum Gasteiger partial charge on any atom is -0.478 e. The van der Waals surface area contributed by atoms with Gasteiger partial charge < -0.3 is 15.3 Å². The van der Waals surface area contributed by atoms with E-state index in [0.29, 0.717) is 13.1 Å². The molecule has 0 saturated heterocycles. The highest BCUT2D eigenvalue weighted by molar-refractivity contribution is 7.10. The van der Waals surface area contributed by atoms with Crippen LogP contribution in [0.4, 0.5) is 0 Å². The number of aromatic carboxylic acids is 1. The highest BCUT2D eigenvalue weighted by Gasteiger charge is 2.27. The zero-order valence-electron chi connectivity index (χ0n) is 14.9. The molecule has 0 fully saturated rings. The third-order valence-corrected chi connectivity index (χ3v) is 5.77. The lowest BCUT2D eigenvalue weighted by Crippen LogP contribution is -2.47. The molecule has 1 aliphatic heterocycles. The predicted molar refractivity (Wildman–Crippen MR) is 102 cm³/mol. The van der Waals surface area contributed by atoms with Crippen molar-refractivity contribution in [3.05, 3.63) is 57.3 Å². The van der Waals surface area contributed by atoms with Gasteiger partial charge in [0, 0.05) is 24.5 Å². The second kappa shape index (κ2) is 8.47. The van der Waals surface area contributed by atoms with Crippen LogP contribution >= 0.6 is 11.3 Å². The van der Waals surface area contributed by atoms with E-state index >= 15 is 0 Å². The van der Waals surface area contributed by atoms with Crippen molar-refractivity contribution in [3.63, 3.8) is 0 Å². The van der Waals surface area contributed by atoms with Crippen molar-refractivity contribution < 1.29 is 14.7 Å². The van der Waals surface area contributed by atoms with Crippen molar-refractivity contribution in [2.24, 2.45) is 0 Å². The minimum absolute atomic E-state index is 0.158. The zero-order valence-corrected chi connectivity index (χ0v) is 15.7. The summed E-state index contributed by atoms with van der Waals surface area (Å²) in [5.74, 6) is -0.771. The lowest BCUT2D eigenvalue weighted by atomic mass is 10.1. The lowest BCUT2D eigenvalue weighted by Gasteiger charge is -2.31. The van der Waals surface area contributed by atoms with Gasteiger partial charge in [-0.15, -0.1) is 11.3 Å². The Hall–Kier alpha value is -2.18. The van der Waals surface area contributed by atoms with Gasteiger partial charge in [-0.2, -0.15) is 0 Å². The zero-order chi connectivity index (χ0) is 18.5. The maximum atomic E-state index is 13.0. The molecule has 2 aromatic rings. The van der Waals surface area contributed by atoms with Gasteiger partial charge in [0.05, 0.1) is 11.6 Å². The molecule has 1 aromatic carbocycles. The van der Waals surface area contributed by atoms with E-state index < -0.39 is 5.97 Å². The standard InChI is InChI=1S/C20H24N2O3S/c1-2-3-17(21-12-14-4-6-15(7-5-14)20(24)25)19(23)22-10-8-18-16(13-22)9-11-26-18/h4-7,9,11,17,21H,2-3,8,10,12-13H2,1H3,(H,24,25). The van der Waals surface area contributed by atoms with Crippen molar-refractivity contribution in [3.8, 4) is 0 Å². The normalized spacial score (nSPS) is 14.7. The summed E-state index contributed by atoms with van der Waals surface area (Å²) in [6.07, 6.45) is 2.66. The quantitative estimate of drug-likeness (QED) is 0.782. The second-order valence-electron chi connectivity index (χ2n) is 6.60. The SMILES string of the molecule is CCCC(NCc1ccc(C(=O)O)cc1)C(=O)N1CCc2sccc2C1. The van der Waals surface area contributed by atoms with E-state index in [9.17, 15) is 9.59 Å². The molecule has 138 valence electrons. The first-order chi connectivity index (χ1) is 12.6. The van der Waals surface area contributed by atoms with Gasteiger partial charge in [0.2, 0.25) is 5.91 Å².